The summed E-state index contributed by atoms with van der Waals surface area (Å²) in [5, 5.41) is 19.9. The summed E-state index contributed by atoms with van der Waals surface area (Å²) in [6.45, 7) is 6.13. The molecule has 4 N–H and O–H groups in total. The first-order chi connectivity index (χ1) is 20.1. The predicted molar refractivity (Wildman–Crippen MR) is 165 cm³/mol. The van der Waals surface area contributed by atoms with E-state index < -0.39 is 34.9 Å². The number of nitrogens with zero attached hydrogens (tertiary/aromatic N) is 1. The molecule has 0 saturated carbocycles. The number of para-hydroxylation sites is 2. The lowest BCUT2D eigenvalue weighted by molar-refractivity contribution is -0.147. The second-order valence-corrected chi connectivity index (χ2v) is 12.4. The molecule has 2 unspecified atom stereocenters. The van der Waals surface area contributed by atoms with Crippen molar-refractivity contribution in [1.29, 1.82) is 0 Å². The van der Waals surface area contributed by atoms with E-state index in [1.807, 2.05) is 75.4 Å². The molecule has 1 aliphatic heterocycles. The zero-order valence-electron chi connectivity index (χ0n) is 24.3. The van der Waals surface area contributed by atoms with Crippen LogP contribution in [0.25, 0.3) is 0 Å². The Labute approximate surface area is 251 Å². The van der Waals surface area contributed by atoms with Crippen molar-refractivity contribution < 1.29 is 24.2 Å². The molecule has 1 aliphatic rings. The minimum absolute atomic E-state index is 0.196. The van der Waals surface area contributed by atoms with Crippen LogP contribution in [0.2, 0.25) is 0 Å². The maximum atomic E-state index is 13.8. The molecule has 4 rings (SSSR count). The highest BCUT2D eigenvalue weighted by atomic mass is 32.2. The number of urea groups is 1. The largest absolute Gasteiger partial charge is 0.495 e. The van der Waals surface area contributed by atoms with Gasteiger partial charge in [-0.25, -0.2) is 4.79 Å². The van der Waals surface area contributed by atoms with Crippen molar-refractivity contribution in [1.82, 2.24) is 15.5 Å². The van der Waals surface area contributed by atoms with Crippen molar-refractivity contribution >= 4 is 35.3 Å². The molecule has 1 saturated heterocycles. The Morgan fingerprint density at radius 3 is 2.40 bits per heavy atom. The van der Waals surface area contributed by atoms with Gasteiger partial charge in [0.25, 0.3) is 5.91 Å². The number of aryl methyl sites for hydroxylation is 1. The molecule has 42 heavy (non-hydrogen) atoms. The minimum Gasteiger partial charge on any atom is -0.495 e. The zero-order chi connectivity index (χ0) is 30.3. The van der Waals surface area contributed by atoms with Crippen molar-refractivity contribution in [2.45, 2.75) is 56.7 Å². The van der Waals surface area contributed by atoms with Crippen LogP contribution in [0.5, 0.6) is 5.75 Å². The molecule has 222 valence electrons. The van der Waals surface area contributed by atoms with Crippen molar-refractivity contribution in [2.24, 2.45) is 0 Å². The van der Waals surface area contributed by atoms with Gasteiger partial charge in [-0.2, -0.15) is 0 Å². The summed E-state index contributed by atoms with van der Waals surface area (Å²) in [6.07, 6.45) is -1.41. The SMILES string of the molecule is COc1ccccc1NC(=O)NC(Cc1ccccc1)[C@H](O)C(=O)N1CSC(C)(C)C1C(=O)NCc1ccccc1C. The van der Waals surface area contributed by atoms with Crippen LogP contribution in [0, 0.1) is 6.92 Å². The van der Waals surface area contributed by atoms with Gasteiger partial charge in [0.2, 0.25) is 5.91 Å². The predicted octanol–water partition coefficient (Wildman–Crippen LogP) is 4.09. The van der Waals surface area contributed by atoms with Crippen LogP contribution in [0.1, 0.15) is 30.5 Å². The van der Waals surface area contributed by atoms with Crippen molar-refractivity contribution in [2.75, 3.05) is 18.3 Å². The fourth-order valence-corrected chi connectivity index (χ4v) is 6.17. The first-order valence-corrected chi connectivity index (χ1v) is 14.8. The molecule has 3 aromatic rings. The number of nitrogens with one attached hydrogen (secondary N) is 3. The van der Waals surface area contributed by atoms with Gasteiger partial charge in [0, 0.05) is 11.3 Å². The van der Waals surface area contributed by atoms with E-state index >= 15 is 0 Å². The molecule has 3 atom stereocenters. The summed E-state index contributed by atoms with van der Waals surface area (Å²) in [4.78, 5) is 41.8. The van der Waals surface area contributed by atoms with E-state index in [0.717, 1.165) is 16.7 Å². The van der Waals surface area contributed by atoms with E-state index in [4.69, 9.17) is 4.74 Å². The number of anilines is 1. The minimum atomic E-state index is -1.60. The van der Waals surface area contributed by atoms with E-state index in [-0.39, 0.29) is 18.2 Å². The number of methoxy groups -OCH3 is 1. The smallest absolute Gasteiger partial charge is 0.319 e. The van der Waals surface area contributed by atoms with E-state index in [1.165, 1.54) is 23.8 Å². The lowest BCUT2D eigenvalue weighted by atomic mass is 9.97. The molecule has 0 bridgehead atoms. The number of aliphatic hydroxyl groups is 1. The number of carbonyl (C=O) groups is 3. The van der Waals surface area contributed by atoms with E-state index in [1.54, 1.807) is 24.3 Å². The second-order valence-electron chi connectivity index (χ2n) is 10.8. The van der Waals surface area contributed by atoms with Crippen LogP contribution >= 0.6 is 11.8 Å². The molecule has 0 radical (unpaired) electrons. The van der Waals surface area contributed by atoms with E-state index in [0.29, 0.717) is 18.0 Å². The third-order valence-corrected chi connectivity index (χ3v) is 8.77. The number of hydrogen-bond acceptors (Lipinski definition) is 6. The zero-order valence-corrected chi connectivity index (χ0v) is 25.1. The fourth-order valence-electron chi connectivity index (χ4n) is 5.03. The monoisotopic (exact) mass is 590 g/mol. The maximum absolute atomic E-state index is 13.8. The lowest BCUT2D eigenvalue weighted by Gasteiger charge is -2.33. The van der Waals surface area contributed by atoms with Crippen LogP contribution < -0.4 is 20.7 Å². The van der Waals surface area contributed by atoms with Gasteiger partial charge in [0.05, 0.1) is 24.7 Å². The summed E-state index contributed by atoms with van der Waals surface area (Å²) in [5.41, 5.74) is 3.32. The highest BCUT2D eigenvalue weighted by Gasteiger charge is 2.49. The first kappa shape index (κ1) is 30.9. The Hall–Kier alpha value is -4.02. The average Bonchev–Trinajstić information content (AvgIpc) is 3.31. The third-order valence-electron chi connectivity index (χ3n) is 7.40. The molecule has 1 heterocycles. The van der Waals surface area contributed by atoms with Gasteiger partial charge in [-0.1, -0.05) is 66.7 Å². The topological polar surface area (TPSA) is 120 Å². The van der Waals surface area contributed by atoms with Gasteiger partial charge in [-0.15, -0.1) is 11.8 Å². The highest BCUT2D eigenvalue weighted by molar-refractivity contribution is 8.00. The van der Waals surface area contributed by atoms with Crippen LogP contribution in [-0.4, -0.2) is 63.8 Å². The van der Waals surface area contributed by atoms with E-state index in [9.17, 15) is 19.5 Å². The van der Waals surface area contributed by atoms with Crippen molar-refractivity contribution in [3.63, 3.8) is 0 Å². The number of amides is 4. The normalized spacial score (nSPS) is 17.2. The molecular formula is C32H38N4O5S. The van der Waals surface area contributed by atoms with Gasteiger partial charge in [-0.05, 0) is 56.0 Å². The fraction of sp³-hybridized carbons (Fsp3) is 0.344. The van der Waals surface area contributed by atoms with E-state index in [2.05, 4.69) is 16.0 Å². The van der Waals surface area contributed by atoms with Gasteiger partial charge in [-0.3, -0.25) is 9.59 Å². The van der Waals surface area contributed by atoms with Crippen LogP contribution in [0.4, 0.5) is 10.5 Å². The van der Waals surface area contributed by atoms with Crippen LogP contribution in [-0.2, 0) is 22.6 Å². The standard InChI is InChI=1S/C32H38N4O5S/c1-21-12-8-9-15-23(21)19-33-29(38)28-32(2,3)42-20-36(28)30(39)27(37)25(18-22-13-6-5-7-14-22)35-31(40)34-24-16-10-11-17-26(24)41-4/h5-17,25,27-28,37H,18-20H2,1-4H3,(H,33,38)(H2,34,35,40)/t25?,27-,28?/m0/s1. The molecule has 4 amide bonds. The number of carbonyl (C=O) groups excluding carboxylic acids is 3. The molecule has 3 aromatic carbocycles. The molecule has 0 aromatic heterocycles. The summed E-state index contributed by atoms with van der Waals surface area (Å²) >= 11 is 1.47. The second kappa shape index (κ2) is 13.8. The summed E-state index contributed by atoms with van der Waals surface area (Å²) in [7, 11) is 1.50. The number of ether oxygens (including phenoxy) is 1. The molecule has 1 fully saturated rings. The summed E-state index contributed by atoms with van der Waals surface area (Å²) in [6, 6.07) is 21.6. The van der Waals surface area contributed by atoms with Crippen LogP contribution in [0.15, 0.2) is 78.9 Å². The van der Waals surface area contributed by atoms with Gasteiger partial charge < -0.3 is 30.7 Å². The molecule has 10 heteroatoms. The number of hydrogen-bond donors (Lipinski definition) is 4. The van der Waals surface area contributed by atoms with Gasteiger partial charge in [0.15, 0.2) is 6.10 Å². The Morgan fingerprint density at radius 2 is 1.69 bits per heavy atom. The Morgan fingerprint density at radius 1 is 1.02 bits per heavy atom. The van der Waals surface area contributed by atoms with Gasteiger partial charge >= 0.3 is 6.03 Å². The molecule has 9 nitrogen and oxygen atoms in total. The maximum Gasteiger partial charge on any atom is 0.319 e. The van der Waals surface area contributed by atoms with Crippen molar-refractivity contribution in [3.05, 3.63) is 95.6 Å². The molecule has 0 spiro atoms. The number of rotatable bonds is 10. The Bertz CT molecular complexity index is 1400. The quantitative estimate of drug-likeness (QED) is 0.282. The number of benzene rings is 3. The lowest BCUT2D eigenvalue weighted by Crippen LogP contribution is -2.59. The number of thioether (sulfide) groups is 1. The molecule has 0 aliphatic carbocycles. The third kappa shape index (κ3) is 7.43. The van der Waals surface area contributed by atoms with Crippen LogP contribution in [0.3, 0.4) is 0 Å². The summed E-state index contributed by atoms with van der Waals surface area (Å²) in [5.74, 6) is -0.214. The van der Waals surface area contributed by atoms with Crippen molar-refractivity contribution in [3.8, 4) is 5.75 Å². The Kier molecular flexibility index (Phi) is 10.1. The first-order valence-electron chi connectivity index (χ1n) is 13.8. The molecular weight excluding hydrogens is 552 g/mol. The average molecular weight is 591 g/mol. The van der Waals surface area contributed by atoms with Gasteiger partial charge in [0.1, 0.15) is 11.8 Å². The summed E-state index contributed by atoms with van der Waals surface area (Å²) < 4.78 is 4.73. The highest BCUT2D eigenvalue weighted by Crippen LogP contribution is 2.40. The Balaban J connectivity index is 1.52. The number of aliphatic hydroxyl groups excluding tert-OH is 1.